The van der Waals surface area contributed by atoms with Crippen LogP contribution in [0, 0.1) is 0 Å². The van der Waals surface area contributed by atoms with Gasteiger partial charge < -0.3 is 0 Å². The molecule has 0 saturated carbocycles. The molecule has 0 aliphatic rings. The van der Waals surface area contributed by atoms with E-state index in [0.29, 0.717) is 0 Å². The van der Waals surface area contributed by atoms with Gasteiger partial charge in [-0.05, 0) is 6.42 Å². The zero-order valence-electron chi connectivity index (χ0n) is 5.86. The average molecular weight is 145 g/mol. The first kappa shape index (κ1) is 8.77. The molecule has 52 valence electrons. The molecule has 0 aromatic carbocycles. The molecule has 0 saturated heterocycles. The molecule has 0 aromatic heterocycles. The van der Waals surface area contributed by atoms with Gasteiger partial charge in [-0.2, -0.15) is 0 Å². The van der Waals surface area contributed by atoms with E-state index >= 15 is 0 Å². The minimum Gasteiger partial charge on any atom is -0.0976 e. The Morgan fingerprint density at radius 3 is 2.78 bits per heavy atom. The van der Waals surface area contributed by atoms with Crippen molar-refractivity contribution in [1.29, 1.82) is 0 Å². The van der Waals surface area contributed by atoms with Crippen molar-refractivity contribution in [1.82, 2.24) is 0 Å². The molecular weight excluding hydrogens is 132 g/mol. The van der Waals surface area contributed by atoms with Gasteiger partial charge in [-0.1, -0.05) is 50.1 Å². The number of unbranched alkanes of at least 4 members (excludes halogenated alkanes) is 2. The highest BCUT2D eigenvalue weighted by atomic mass is 35.5. The minimum absolute atomic E-state index is 0.767. The van der Waals surface area contributed by atoms with Crippen LogP contribution in [-0.2, 0) is 0 Å². The van der Waals surface area contributed by atoms with Crippen molar-refractivity contribution in [2.75, 3.05) is 0 Å². The third-order valence-electron chi connectivity index (χ3n) is 1.09. The molecular formula is C8H13Cl. The highest BCUT2D eigenvalue weighted by molar-refractivity contribution is 6.31. The summed E-state index contributed by atoms with van der Waals surface area (Å²) in [6.45, 7) is 5.70. The third kappa shape index (κ3) is 5.64. The van der Waals surface area contributed by atoms with Crippen LogP contribution < -0.4 is 0 Å². The number of hydrogen-bond donors (Lipinski definition) is 0. The van der Waals surface area contributed by atoms with Gasteiger partial charge in [0.15, 0.2) is 0 Å². The largest absolute Gasteiger partial charge is 0.0976 e. The molecule has 0 spiro atoms. The van der Waals surface area contributed by atoms with Crippen molar-refractivity contribution in [3.05, 3.63) is 23.8 Å². The van der Waals surface area contributed by atoms with Crippen molar-refractivity contribution in [2.45, 2.75) is 26.2 Å². The molecule has 0 aromatic rings. The normalized spacial score (nSPS) is 11.6. The van der Waals surface area contributed by atoms with E-state index in [0.717, 1.165) is 11.5 Å². The van der Waals surface area contributed by atoms with E-state index in [4.69, 9.17) is 11.6 Å². The Kier molecular flexibility index (Phi) is 5.75. The predicted molar refractivity (Wildman–Crippen MR) is 43.7 cm³/mol. The van der Waals surface area contributed by atoms with E-state index in [9.17, 15) is 0 Å². The van der Waals surface area contributed by atoms with Crippen molar-refractivity contribution >= 4 is 11.6 Å². The smallest absolute Gasteiger partial charge is 0.0360 e. The van der Waals surface area contributed by atoms with E-state index in [2.05, 4.69) is 13.5 Å². The maximum Gasteiger partial charge on any atom is 0.0360 e. The summed E-state index contributed by atoms with van der Waals surface area (Å²) in [5.41, 5.74) is 0. The number of halogens is 1. The lowest BCUT2D eigenvalue weighted by atomic mass is 10.2. The van der Waals surface area contributed by atoms with Gasteiger partial charge >= 0.3 is 0 Å². The minimum atomic E-state index is 0.767. The van der Waals surface area contributed by atoms with E-state index < -0.39 is 0 Å². The maximum absolute atomic E-state index is 5.64. The first-order valence-electron chi connectivity index (χ1n) is 3.29. The third-order valence-corrected chi connectivity index (χ3v) is 1.40. The molecule has 0 aliphatic heterocycles. The summed E-state index contributed by atoms with van der Waals surface area (Å²) in [6.07, 6.45) is 7.17. The van der Waals surface area contributed by atoms with E-state index in [-0.39, 0.29) is 0 Å². The molecule has 0 nitrogen and oxygen atoms in total. The topological polar surface area (TPSA) is 0 Å². The zero-order chi connectivity index (χ0) is 7.11. The van der Waals surface area contributed by atoms with Gasteiger partial charge in [0.05, 0.1) is 0 Å². The first-order chi connectivity index (χ1) is 4.31. The summed E-state index contributed by atoms with van der Waals surface area (Å²) < 4.78 is 0. The number of allylic oxidation sites excluding steroid dienone is 3. The van der Waals surface area contributed by atoms with Gasteiger partial charge in [-0.25, -0.2) is 0 Å². The summed E-state index contributed by atoms with van der Waals surface area (Å²) in [7, 11) is 0. The maximum atomic E-state index is 5.64. The van der Waals surface area contributed by atoms with Crippen LogP contribution in [-0.4, -0.2) is 0 Å². The fourth-order valence-electron chi connectivity index (χ4n) is 0.527. The molecule has 0 amide bonds. The Balaban J connectivity index is 3.31. The highest BCUT2D eigenvalue weighted by Gasteiger charge is 1.81. The van der Waals surface area contributed by atoms with Crippen LogP contribution in [0.2, 0.25) is 0 Å². The van der Waals surface area contributed by atoms with Gasteiger partial charge in [-0.3, -0.25) is 0 Å². The van der Waals surface area contributed by atoms with Crippen LogP contribution in [0.4, 0.5) is 0 Å². The summed E-state index contributed by atoms with van der Waals surface area (Å²) >= 11 is 5.64. The Morgan fingerprint density at radius 2 is 2.33 bits per heavy atom. The standard InChI is InChI=1S/C8H13Cl/c1-3-5-6-7-8(9)4-2/h4,7H,2-3,5-6H2,1H3. The van der Waals surface area contributed by atoms with Crippen LogP contribution in [0.5, 0.6) is 0 Å². The molecule has 0 bridgehead atoms. The Bertz CT molecular complexity index is 103. The van der Waals surface area contributed by atoms with Crippen molar-refractivity contribution < 1.29 is 0 Å². The molecule has 0 heterocycles. The van der Waals surface area contributed by atoms with Crippen LogP contribution in [0.25, 0.3) is 0 Å². The highest BCUT2D eigenvalue weighted by Crippen LogP contribution is 2.05. The first-order valence-corrected chi connectivity index (χ1v) is 3.67. The lowest BCUT2D eigenvalue weighted by Gasteiger charge is -1.88. The van der Waals surface area contributed by atoms with Crippen LogP contribution >= 0.6 is 11.6 Å². The second-order valence-electron chi connectivity index (χ2n) is 1.94. The number of rotatable bonds is 4. The summed E-state index contributed by atoms with van der Waals surface area (Å²) in [5, 5.41) is 0.767. The molecule has 0 aliphatic carbocycles. The Labute approximate surface area is 62.2 Å². The average Bonchev–Trinajstić information content (AvgIpc) is 1.89. The van der Waals surface area contributed by atoms with Crippen molar-refractivity contribution in [3.63, 3.8) is 0 Å². The molecule has 1 heteroatoms. The summed E-state index contributed by atoms with van der Waals surface area (Å²) in [5.74, 6) is 0. The molecule has 0 atom stereocenters. The van der Waals surface area contributed by atoms with Crippen LogP contribution in [0.1, 0.15) is 26.2 Å². The fraction of sp³-hybridized carbons (Fsp3) is 0.500. The second kappa shape index (κ2) is 5.90. The van der Waals surface area contributed by atoms with Crippen molar-refractivity contribution in [3.8, 4) is 0 Å². The predicted octanol–water partition coefficient (Wildman–Crippen LogP) is 3.49. The van der Waals surface area contributed by atoms with Crippen LogP contribution in [0.3, 0.4) is 0 Å². The van der Waals surface area contributed by atoms with Gasteiger partial charge in [0.1, 0.15) is 0 Å². The number of hydrogen-bond acceptors (Lipinski definition) is 0. The summed E-state index contributed by atoms with van der Waals surface area (Å²) in [6, 6.07) is 0. The molecule has 0 unspecified atom stereocenters. The SMILES string of the molecule is C=CC(Cl)=CCCCC. The molecule has 0 fully saturated rings. The Morgan fingerprint density at radius 1 is 1.67 bits per heavy atom. The lowest BCUT2D eigenvalue weighted by molar-refractivity contribution is 0.814. The van der Waals surface area contributed by atoms with Gasteiger partial charge in [-0.15, -0.1) is 0 Å². The van der Waals surface area contributed by atoms with Gasteiger partial charge in [0, 0.05) is 5.03 Å². The van der Waals surface area contributed by atoms with E-state index in [1.807, 2.05) is 6.08 Å². The fourth-order valence-corrected chi connectivity index (χ4v) is 0.637. The van der Waals surface area contributed by atoms with Gasteiger partial charge in [0.25, 0.3) is 0 Å². The second-order valence-corrected chi connectivity index (χ2v) is 2.37. The quantitative estimate of drug-likeness (QED) is 0.419. The zero-order valence-corrected chi connectivity index (χ0v) is 6.62. The van der Waals surface area contributed by atoms with Crippen molar-refractivity contribution in [2.24, 2.45) is 0 Å². The molecule has 9 heavy (non-hydrogen) atoms. The summed E-state index contributed by atoms with van der Waals surface area (Å²) in [4.78, 5) is 0. The molecule has 0 rings (SSSR count). The van der Waals surface area contributed by atoms with E-state index in [1.165, 1.54) is 12.8 Å². The molecule has 0 radical (unpaired) electrons. The Hall–Kier alpha value is -0.230. The van der Waals surface area contributed by atoms with E-state index in [1.54, 1.807) is 6.08 Å². The van der Waals surface area contributed by atoms with Crippen LogP contribution in [0.15, 0.2) is 23.8 Å². The van der Waals surface area contributed by atoms with Gasteiger partial charge in [0.2, 0.25) is 0 Å². The monoisotopic (exact) mass is 144 g/mol. The lowest BCUT2D eigenvalue weighted by Crippen LogP contribution is -1.67. The molecule has 0 N–H and O–H groups in total.